The monoisotopic (exact) mass is 331 g/mol. The van der Waals surface area contributed by atoms with Crippen LogP contribution in [0.25, 0.3) is 0 Å². The highest BCUT2D eigenvalue weighted by Gasteiger charge is 2.33. The third-order valence-corrected chi connectivity index (χ3v) is 6.91. The number of nitrogens with one attached hydrogen (secondary N) is 1. The molecule has 0 aromatic carbocycles. The summed E-state index contributed by atoms with van der Waals surface area (Å²) < 4.78 is 24.7. The molecule has 1 aliphatic rings. The van der Waals surface area contributed by atoms with Crippen LogP contribution in [-0.4, -0.2) is 40.2 Å². The molecule has 6 nitrogen and oxygen atoms in total. The Balaban J connectivity index is 2.60. The average molecular weight is 331 g/mol. The molecule has 8 heteroatoms. The number of nitrogen functional groups attached to an aromatic ring is 1. The van der Waals surface area contributed by atoms with E-state index in [2.05, 4.69) is 12.2 Å². The van der Waals surface area contributed by atoms with Gasteiger partial charge in [-0.15, -0.1) is 11.3 Å². The third-order valence-electron chi connectivity index (χ3n) is 3.72. The van der Waals surface area contributed by atoms with Crippen LogP contribution in [0.4, 0.5) is 10.7 Å². The van der Waals surface area contributed by atoms with Crippen LogP contribution in [0.5, 0.6) is 0 Å². The Hall–Kier alpha value is -1.28. The second-order valence-electron chi connectivity index (χ2n) is 5.30. The summed E-state index contributed by atoms with van der Waals surface area (Å²) in [5.74, 6) is 0.134. The van der Waals surface area contributed by atoms with Gasteiger partial charge in [0, 0.05) is 20.1 Å². The van der Waals surface area contributed by atoms with Gasteiger partial charge in [0.2, 0.25) is 0 Å². The fourth-order valence-corrected chi connectivity index (χ4v) is 5.26. The molecule has 0 spiro atoms. The summed E-state index contributed by atoms with van der Waals surface area (Å²) >= 11 is 1.17. The second-order valence-corrected chi connectivity index (χ2v) is 8.52. The molecule has 118 valence electrons. The normalized spacial score (nSPS) is 19.0. The summed E-state index contributed by atoms with van der Waals surface area (Å²) in [7, 11) is -1.96. The molecule has 1 atom stereocenters. The molecule has 0 saturated carbocycles. The lowest BCUT2D eigenvalue weighted by Gasteiger charge is -2.18. The van der Waals surface area contributed by atoms with Crippen LogP contribution in [0.15, 0.2) is 4.90 Å². The van der Waals surface area contributed by atoms with E-state index in [1.54, 1.807) is 6.92 Å². The smallest absolute Gasteiger partial charge is 0.263 e. The molecule has 1 fully saturated rings. The van der Waals surface area contributed by atoms with Crippen molar-refractivity contribution >= 4 is 37.8 Å². The number of thiophene rings is 1. The number of nitrogens with zero attached hydrogens (tertiary/aromatic N) is 1. The highest BCUT2D eigenvalue weighted by molar-refractivity contribution is 7.92. The van der Waals surface area contributed by atoms with Gasteiger partial charge in [-0.2, -0.15) is 0 Å². The Labute approximate surface area is 129 Å². The molecule has 3 N–H and O–H groups in total. The number of anilines is 2. The Kier molecular flexibility index (Phi) is 4.48. The standard InChI is InChI=1S/C13H21N3O3S2/c1-4-21(18,19)11-9(14)10(12(17)15-3)20-13(11)16-6-5-8(2)7-16/h8H,4-7,14H2,1-3H3,(H,15,17). The highest BCUT2D eigenvalue weighted by Crippen LogP contribution is 2.43. The summed E-state index contributed by atoms with van der Waals surface area (Å²) in [6.07, 6.45) is 1.01. The second kappa shape index (κ2) is 5.84. The first-order chi connectivity index (χ1) is 9.81. The number of hydrogen-bond acceptors (Lipinski definition) is 6. The van der Waals surface area contributed by atoms with Crippen molar-refractivity contribution in [2.24, 2.45) is 5.92 Å². The largest absolute Gasteiger partial charge is 0.396 e. The number of rotatable bonds is 4. The van der Waals surface area contributed by atoms with Crippen molar-refractivity contribution in [3.63, 3.8) is 0 Å². The van der Waals surface area contributed by atoms with Crippen molar-refractivity contribution in [3.05, 3.63) is 4.88 Å². The Bertz CT molecular complexity index is 652. The van der Waals surface area contributed by atoms with E-state index < -0.39 is 9.84 Å². The molecule has 21 heavy (non-hydrogen) atoms. The van der Waals surface area contributed by atoms with E-state index in [1.807, 2.05) is 4.90 Å². The molecule has 1 unspecified atom stereocenters. The Morgan fingerprint density at radius 2 is 2.19 bits per heavy atom. The fourth-order valence-electron chi connectivity index (χ4n) is 2.47. The molecule has 0 radical (unpaired) electrons. The molecule has 2 heterocycles. The van der Waals surface area contributed by atoms with Crippen LogP contribution in [-0.2, 0) is 9.84 Å². The van der Waals surface area contributed by atoms with Gasteiger partial charge in [0.15, 0.2) is 9.84 Å². The van der Waals surface area contributed by atoms with Crippen LogP contribution in [0, 0.1) is 5.92 Å². The number of carbonyl (C=O) groups excluding carboxylic acids is 1. The molecule has 1 aliphatic heterocycles. The van der Waals surface area contributed by atoms with Gasteiger partial charge in [-0.25, -0.2) is 8.42 Å². The average Bonchev–Trinajstić information content (AvgIpc) is 3.01. The van der Waals surface area contributed by atoms with Crippen molar-refractivity contribution in [1.82, 2.24) is 5.32 Å². The van der Waals surface area contributed by atoms with Gasteiger partial charge >= 0.3 is 0 Å². The summed E-state index contributed by atoms with van der Waals surface area (Å²) in [6, 6.07) is 0. The van der Waals surface area contributed by atoms with E-state index in [0.717, 1.165) is 19.5 Å². The van der Waals surface area contributed by atoms with Crippen LogP contribution in [0.2, 0.25) is 0 Å². The zero-order valence-corrected chi connectivity index (χ0v) is 14.1. The van der Waals surface area contributed by atoms with E-state index in [4.69, 9.17) is 5.73 Å². The quantitative estimate of drug-likeness (QED) is 0.868. The first-order valence-corrected chi connectivity index (χ1v) is 9.40. The highest BCUT2D eigenvalue weighted by atomic mass is 32.2. The van der Waals surface area contributed by atoms with Crippen molar-refractivity contribution in [3.8, 4) is 0 Å². The van der Waals surface area contributed by atoms with Crippen molar-refractivity contribution in [1.29, 1.82) is 0 Å². The number of nitrogens with two attached hydrogens (primary N) is 1. The SMILES string of the molecule is CCS(=O)(=O)c1c(N2CCC(C)C2)sc(C(=O)NC)c1N. The van der Waals surface area contributed by atoms with Gasteiger partial charge in [-0.05, 0) is 12.3 Å². The van der Waals surface area contributed by atoms with Crippen LogP contribution in [0.1, 0.15) is 29.9 Å². The van der Waals surface area contributed by atoms with Crippen molar-refractivity contribution in [2.45, 2.75) is 25.2 Å². The van der Waals surface area contributed by atoms with Gasteiger partial charge in [0.1, 0.15) is 14.8 Å². The van der Waals surface area contributed by atoms with Crippen LogP contribution >= 0.6 is 11.3 Å². The Morgan fingerprint density at radius 3 is 2.67 bits per heavy atom. The molecule has 1 saturated heterocycles. The Morgan fingerprint density at radius 1 is 1.52 bits per heavy atom. The maximum Gasteiger partial charge on any atom is 0.263 e. The topological polar surface area (TPSA) is 92.5 Å². The molecule has 0 bridgehead atoms. The van der Waals surface area contributed by atoms with E-state index in [0.29, 0.717) is 10.9 Å². The van der Waals surface area contributed by atoms with Crippen LogP contribution < -0.4 is 16.0 Å². The number of hydrogen-bond donors (Lipinski definition) is 2. The maximum absolute atomic E-state index is 12.4. The number of sulfone groups is 1. The molecular formula is C13H21N3O3S2. The fraction of sp³-hybridized carbons (Fsp3) is 0.615. The van der Waals surface area contributed by atoms with E-state index in [9.17, 15) is 13.2 Å². The third kappa shape index (κ3) is 2.87. The van der Waals surface area contributed by atoms with Gasteiger partial charge in [-0.1, -0.05) is 13.8 Å². The molecule has 2 rings (SSSR count). The van der Waals surface area contributed by atoms with E-state index in [-0.39, 0.29) is 27.1 Å². The number of amides is 1. The lowest BCUT2D eigenvalue weighted by Crippen LogP contribution is -2.21. The molecule has 1 amide bonds. The summed E-state index contributed by atoms with van der Waals surface area (Å²) in [4.78, 5) is 14.3. The van der Waals surface area contributed by atoms with Gasteiger partial charge < -0.3 is 16.0 Å². The zero-order valence-electron chi connectivity index (χ0n) is 12.5. The van der Waals surface area contributed by atoms with Crippen molar-refractivity contribution < 1.29 is 13.2 Å². The minimum atomic E-state index is -3.47. The molecular weight excluding hydrogens is 310 g/mol. The summed E-state index contributed by atoms with van der Waals surface area (Å²) in [6.45, 7) is 5.30. The summed E-state index contributed by atoms with van der Waals surface area (Å²) in [5, 5.41) is 3.12. The zero-order chi connectivity index (χ0) is 15.8. The summed E-state index contributed by atoms with van der Waals surface area (Å²) in [5.41, 5.74) is 6.07. The van der Waals surface area contributed by atoms with E-state index >= 15 is 0 Å². The minimum Gasteiger partial charge on any atom is -0.396 e. The lowest BCUT2D eigenvalue weighted by molar-refractivity contribution is 0.0968. The molecule has 1 aromatic rings. The van der Waals surface area contributed by atoms with Crippen molar-refractivity contribution in [2.75, 3.05) is 36.5 Å². The lowest BCUT2D eigenvalue weighted by atomic mass is 10.2. The maximum atomic E-state index is 12.4. The van der Waals surface area contributed by atoms with Gasteiger partial charge in [0.05, 0.1) is 11.4 Å². The first kappa shape index (κ1) is 16.1. The van der Waals surface area contributed by atoms with Crippen LogP contribution in [0.3, 0.4) is 0 Å². The van der Waals surface area contributed by atoms with E-state index in [1.165, 1.54) is 18.4 Å². The first-order valence-electron chi connectivity index (χ1n) is 6.93. The number of carbonyl (C=O) groups is 1. The predicted octanol–water partition coefficient (Wildman–Crippen LogP) is 1.33. The van der Waals surface area contributed by atoms with Gasteiger partial charge in [0.25, 0.3) is 5.91 Å². The minimum absolute atomic E-state index is 0.0302. The predicted molar refractivity (Wildman–Crippen MR) is 85.8 cm³/mol. The van der Waals surface area contributed by atoms with Gasteiger partial charge in [-0.3, -0.25) is 4.79 Å². The molecule has 1 aromatic heterocycles. The molecule has 0 aliphatic carbocycles.